The lowest BCUT2D eigenvalue weighted by molar-refractivity contribution is -0.541. The van der Waals surface area contributed by atoms with Gasteiger partial charge in [-0.1, -0.05) is 0 Å². The molecule has 0 aromatic heterocycles. The van der Waals surface area contributed by atoms with Gasteiger partial charge in [-0.25, -0.2) is 0 Å². The SMILES string of the molecule is [N-]=[N+]=C1CC=C([N+](=O)[O-])C([N+](=O)[O-])C1=O. The number of nitrogens with zero attached hydrogens (tertiary/aromatic N) is 4. The fourth-order valence-electron chi connectivity index (χ4n) is 1.17. The van der Waals surface area contributed by atoms with Gasteiger partial charge >= 0.3 is 23.2 Å². The first-order chi connectivity index (χ1) is 6.99. The van der Waals surface area contributed by atoms with E-state index in [2.05, 4.69) is 4.79 Å². The maximum Gasteiger partial charge on any atom is 0.369 e. The van der Waals surface area contributed by atoms with E-state index in [0.717, 1.165) is 6.08 Å². The Labute approximate surface area is 81.9 Å². The Kier molecular flexibility index (Phi) is 2.68. The fraction of sp³-hybridized carbons (Fsp3) is 0.333. The molecule has 9 heteroatoms. The lowest BCUT2D eigenvalue weighted by Gasteiger charge is -2.06. The van der Waals surface area contributed by atoms with Crippen molar-refractivity contribution in [1.82, 2.24) is 0 Å². The summed E-state index contributed by atoms with van der Waals surface area (Å²) < 4.78 is 0. The minimum absolute atomic E-state index is 0.282. The van der Waals surface area contributed by atoms with Crippen molar-refractivity contribution in [3.05, 3.63) is 37.5 Å². The third-order valence-corrected chi connectivity index (χ3v) is 1.86. The minimum atomic E-state index is -2.08. The maximum absolute atomic E-state index is 11.2. The van der Waals surface area contributed by atoms with E-state index >= 15 is 0 Å². The van der Waals surface area contributed by atoms with Gasteiger partial charge in [-0.2, -0.15) is 4.79 Å². The second-order valence-corrected chi connectivity index (χ2v) is 2.69. The van der Waals surface area contributed by atoms with Crippen molar-refractivity contribution in [3.8, 4) is 0 Å². The Hall–Kier alpha value is -2.41. The van der Waals surface area contributed by atoms with Crippen LogP contribution >= 0.6 is 0 Å². The van der Waals surface area contributed by atoms with E-state index in [0.29, 0.717) is 0 Å². The number of hydrogen-bond acceptors (Lipinski definition) is 5. The topological polar surface area (TPSA) is 140 Å². The lowest BCUT2D eigenvalue weighted by atomic mass is 9.96. The lowest BCUT2D eigenvalue weighted by Crippen LogP contribution is -2.42. The number of allylic oxidation sites excluding steroid dienone is 1. The quantitative estimate of drug-likeness (QED) is 0.261. The minimum Gasteiger partial charge on any atom is -0.361 e. The fourth-order valence-corrected chi connectivity index (χ4v) is 1.17. The first-order valence-electron chi connectivity index (χ1n) is 3.72. The average Bonchev–Trinajstić information content (AvgIpc) is 2.16. The summed E-state index contributed by atoms with van der Waals surface area (Å²) in [6, 6.07) is -2.08. The van der Waals surface area contributed by atoms with Gasteiger partial charge in [0.15, 0.2) is 0 Å². The van der Waals surface area contributed by atoms with E-state index in [4.69, 9.17) is 5.53 Å². The maximum atomic E-state index is 11.2. The summed E-state index contributed by atoms with van der Waals surface area (Å²) in [5.41, 5.74) is 7.08. The van der Waals surface area contributed by atoms with Gasteiger partial charge in [0, 0.05) is 11.0 Å². The number of nitro groups is 2. The molecule has 0 aliphatic heterocycles. The molecule has 0 N–H and O–H groups in total. The van der Waals surface area contributed by atoms with Crippen LogP contribution in [0.4, 0.5) is 0 Å². The van der Waals surface area contributed by atoms with Crippen molar-refractivity contribution in [2.24, 2.45) is 0 Å². The predicted octanol–water partition coefficient (Wildman–Crippen LogP) is -0.564. The molecule has 0 saturated heterocycles. The normalized spacial score (nSPS) is 20.5. The predicted molar refractivity (Wildman–Crippen MR) is 44.1 cm³/mol. The van der Waals surface area contributed by atoms with Gasteiger partial charge < -0.3 is 5.53 Å². The Balaban J connectivity index is 3.26. The molecule has 1 aliphatic carbocycles. The van der Waals surface area contributed by atoms with Crippen molar-refractivity contribution in [3.63, 3.8) is 0 Å². The smallest absolute Gasteiger partial charge is 0.361 e. The van der Waals surface area contributed by atoms with Crippen LogP contribution < -0.4 is 0 Å². The molecule has 1 aliphatic rings. The van der Waals surface area contributed by atoms with E-state index in [9.17, 15) is 25.0 Å². The van der Waals surface area contributed by atoms with Crippen molar-refractivity contribution in [2.75, 3.05) is 0 Å². The zero-order valence-electron chi connectivity index (χ0n) is 7.19. The van der Waals surface area contributed by atoms with E-state index in [1.54, 1.807) is 0 Å². The second-order valence-electron chi connectivity index (χ2n) is 2.69. The molecule has 0 spiro atoms. The molecule has 1 unspecified atom stereocenters. The Bertz CT molecular complexity index is 433. The summed E-state index contributed by atoms with van der Waals surface area (Å²) in [6.45, 7) is 0. The molecule has 0 radical (unpaired) electrons. The van der Waals surface area contributed by atoms with E-state index in [-0.39, 0.29) is 6.42 Å². The molecule has 1 rings (SSSR count). The Morgan fingerprint density at radius 3 is 2.47 bits per heavy atom. The van der Waals surface area contributed by atoms with Gasteiger partial charge in [-0.05, 0) is 0 Å². The van der Waals surface area contributed by atoms with Crippen LogP contribution in [-0.2, 0) is 4.79 Å². The molecule has 78 valence electrons. The van der Waals surface area contributed by atoms with Gasteiger partial charge in [-0.15, -0.1) is 0 Å². The molecule has 1 atom stereocenters. The van der Waals surface area contributed by atoms with Gasteiger partial charge in [-0.3, -0.25) is 25.0 Å². The highest BCUT2D eigenvalue weighted by Crippen LogP contribution is 2.16. The highest BCUT2D eigenvalue weighted by molar-refractivity contribution is 6.40. The molecule has 0 fully saturated rings. The summed E-state index contributed by atoms with van der Waals surface area (Å²) in [7, 11) is 0. The van der Waals surface area contributed by atoms with Crippen LogP contribution in [0.1, 0.15) is 6.42 Å². The van der Waals surface area contributed by atoms with Crippen LogP contribution in [0.3, 0.4) is 0 Å². The molecule has 9 nitrogen and oxygen atoms in total. The highest BCUT2D eigenvalue weighted by atomic mass is 16.6. The molecule has 0 aromatic carbocycles. The number of hydrogen-bond donors (Lipinski definition) is 0. The largest absolute Gasteiger partial charge is 0.369 e. The number of carbonyl (C=O) groups is 1. The zero-order chi connectivity index (χ0) is 11.6. The van der Waals surface area contributed by atoms with Crippen LogP contribution in [0.2, 0.25) is 0 Å². The summed E-state index contributed by atoms with van der Waals surface area (Å²) in [5.74, 6) is -1.16. The summed E-state index contributed by atoms with van der Waals surface area (Å²) >= 11 is 0. The standard InChI is InChI=1S/C6H4N4O5/c7-8-3-1-2-4(9(12)13)5(6(3)11)10(14)15/h2,5H,1H2. The number of Topliss-reactive ketones (excluding diaryl/α,β-unsaturated/α-hetero) is 1. The summed E-state index contributed by atoms with van der Waals surface area (Å²) in [5, 5.41) is 20.8. The Morgan fingerprint density at radius 1 is 1.47 bits per heavy atom. The first kappa shape index (κ1) is 10.7. The second kappa shape index (κ2) is 3.76. The van der Waals surface area contributed by atoms with Gasteiger partial charge in [0.2, 0.25) is 0 Å². The van der Waals surface area contributed by atoms with Gasteiger partial charge in [0.05, 0.1) is 11.3 Å². The van der Waals surface area contributed by atoms with Crippen LogP contribution in [0.15, 0.2) is 11.8 Å². The molecule has 0 heterocycles. The van der Waals surface area contributed by atoms with Crippen molar-refractivity contribution < 1.29 is 19.4 Å². The van der Waals surface area contributed by atoms with Crippen molar-refractivity contribution in [1.29, 1.82) is 0 Å². The number of ketones is 1. The number of carbonyl (C=O) groups excluding carboxylic acids is 1. The van der Waals surface area contributed by atoms with Crippen LogP contribution in [0, 0.1) is 20.2 Å². The summed E-state index contributed by atoms with van der Waals surface area (Å²) in [4.78, 5) is 32.5. The molecule has 0 amide bonds. The van der Waals surface area contributed by atoms with Crippen molar-refractivity contribution in [2.45, 2.75) is 12.5 Å². The molecule has 15 heavy (non-hydrogen) atoms. The van der Waals surface area contributed by atoms with E-state index < -0.39 is 33.1 Å². The highest BCUT2D eigenvalue weighted by Gasteiger charge is 2.50. The average molecular weight is 212 g/mol. The molecule has 0 saturated carbocycles. The van der Waals surface area contributed by atoms with Crippen LogP contribution in [0.25, 0.3) is 5.53 Å². The third kappa shape index (κ3) is 1.76. The molecular formula is C6H4N4O5. The molecule has 0 bridgehead atoms. The zero-order valence-corrected chi connectivity index (χ0v) is 7.19. The Morgan fingerprint density at radius 2 is 2.07 bits per heavy atom. The summed E-state index contributed by atoms with van der Waals surface area (Å²) in [6.07, 6.45) is 0.611. The molecular weight excluding hydrogens is 208 g/mol. The third-order valence-electron chi connectivity index (χ3n) is 1.86. The monoisotopic (exact) mass is 212 g/mol. The number of rotatable bonds is 2. The van der Waals surface area contributed by atoms with Crippen LogP contribution in [-0.4, -0.2) is 32.2 Å². The van der Waals surface area contributed by atoms with E-state index in [1.807, 2.05) is 0 Å². The van der Waals surface area contributed by atoms with Crippen LogP contribution in [0.5, 0.6) is 0 Å². The molecule has 0 aromatic rings. The van der Waals surface area contributed by atoms with E-state index in [1.165, 1.54) is 0 Å². The van der Waals surface area contributed by atoms with Gasteiger partial charge in [0.1, 0.15) is 0 Å². The first-order valence-corrected chi connectivity index (χ1v) is 3.72. The van der Waals surface area contributed by atoms with Crippen molar-refractivity contribution >= 4 is 11.5 Å². The van der Waals surface area contributed by atoms with Gasteiger partial charge in [0.25, 0.3) is 0 Å².